The Kier molecular flexibility index (Phi) is 1.39. The molecule has 0 spiro atoms. The molecule has 1 N–H and O–H groups in total. The second-order valence-electron chi connectivity index (χ2n) is 2.21. The summed E-state index contributed by atoms with van der Waals surface area (Å²) in [5.74, 6) is 0. The van der Waals surface area contributed by atoms with Gasteiger partial charge in [0.1, 0.15) is 0 Å². The van der Waals surface area contributed by atoms with Crippen LogP contribution in [0.2, 0.25) is 0 Å². The number of hydrogen-bond acceptors (Lipinski definition) is 2. The minimum atomic E-state index is 0.927. The monoisotopic (exact) mass is 198 g/mol. The number of nitrogens with one attached hydrogen (secondary N) is 1. The molecule has 0 bridgehead atoms. The van der Waals surface area contributed by atoms with Gasteiger partial charge in [0.25, 0.3) is 0 Å². The number of halogens is 1. The van der Waals surface area contributed by atoms with Crippen molar-refractivity contribution in [2.24, 2.45) is 0 Å². The Morgan fingerprint density at radius 2 is 2.50 bits per heavy atom. The number of hydrogen-bond donors (Lipinski definition) is 1. The van der Waals surface area contributed by atoms with Crippen LogP contribution >= 0.6 is 15.9 Å². The van der Waals surface area contributed by atoms with Crippen molar-refractivity contribution in [3.63, 3.8) is 0 Å². The summed E-state index contributed by atoms with van der Waals surface area (Å²) in [6.45, 7) is 0.927. The second-order valence-corrected chi connectivity index (χ2v) is 3.12. The summed E-state index contributed by atoms with van der Waals surface area (Å²) in [7, 11) is 0. The van der Waals surface area contributed by atoms with Crippen LogP contribution in [0.25, 0.3) is 0 Å². The predicted molar refractivity (Wildman–Crippen MR) is 44.1 cm³/mol. The van der Waals surface area contributed by atoms with Gasteiger partial charge in [-0.2, -0.15) is 0 Å². The molecule has 2 heterocycles. The van der Waals surface area contributed by atoms with Gasteiger partial charge in [0, 0.05) is 17.2 Å². The average Bonchev–Trinajstić information content (AvgIpc) is 2.33. The Bertz CT molecular complexity index is 240. The van der Waals surface area contributed by atoms with E-state index in [1.807, 2.05) is 17.3 Å². The zero-order valence-corrected chi connectivity index (χ0v) is 6.93. The maximum absolute atomic E-state index is 3.40. The van der Waals surface area contributed by atoms with Crippen LogP contribution in [0.4, 0.5) is 0 Å². The molecule has 52 valence electrons. The summed E-state index contributed by atoms with van der Waals surface area (Å²) in [4.78, 5) is 0. The lowest BCUT2D eigenvalue weighted by Crippen LogP contribution is -2.26. The molecular formula is C7H7BrN2. The molecule has 0 aromatic heterocycles. The molecule has 0 amide bonds. The third-order valence-corrected chi connectivity index (χ3v) is 2.01. The quantitative estimate of drug-likeness (QED) is 0.635. The van der Waals surface area contributed by atoms with Crippen molar-refractivity contribution in [1.82, 2.24) is 10.4 Å². The number of hydrazine groups is 1. The van der Waals surface area contributed by atoms with Gasteiger partial charge in [-0.25, -0.2) is 5.43 Å². The first-order chi connectivity index (χ1) is 4.86. The van der Waals surface area contributed by atoms with Crippen LogP contribution in [0.15, 0.2) is 34.6 Å². The van der Waals surface area contributed by atoms with Gasteiger partial charge in [-0.3, -0.25) is 5.01 Å². The number of fused-ring (bicyclic) bond motifs is 1. The number of allylic oxidation sites excluding steroid dienone is 3. The molecule has 0 aliphatic carbocycles. The summed E-state index contributed by atoms with van der Waals surface area (Å²) in [6.07, 6.45) is 8.24. The van der Waals surface area contributed by atoms with Gasteiger partial charge < -0.3 is 0 Å². The van der Waals surface area contributed by atoms with Gasteiger partial charge in [0.2, 0.25) is 0 Å². The third kappa shape index (κ3) is 0.914. The lowest BCUT2D eigenvalue weighted by molar-refractivity contribution is 0.395. The van der Waals surface area contributed by atoms with Gasteiger partial charge in [-0.1, -0.05) is 15.9 Å². The van der Waals surface area contributed by atoms with E-state index in [1.54, 1.807) is 0 Å². The summed E-state index contributed by atoms with van der Waals surface area (Å²) >= 11 is 3.40. The fraction of sp³-hybridized carbons (Fsp3) is 0.143. The lowest BCUT2D eigenvalue weighted by Gasteiger charge is -2.18. The molecule has 2 nitrogen and oxygen atoms in total. The van der Waals surface area contributed by atoms with Gasteiger partial charge in [-0.05, 0) is 18.2 Å². The topological polar surface area (TPSA) is 15.3 Å². The van der Waals surface area contributed by atoms with E-state index in [0.717, 1.165) is 11.0 Å². The molecule has 2 aliphatic rings. The molecule has 10 heavy (non-hydrogen) atoms. The molecule has 2 aliphatic heterocycles. The molecule has 0 atom stereocenters. The van der Waals surface area contributed by atoms with E-state index in [0.29, 0.717) is 0 Å². The SMILES string of the molecule is BrC1=CC2=CCNN2C=C1. The Morgan fingerprint density at radius 3 is 3.40 bits per heavy atom. The first-order valence-electron chi connectivity index (χ1n) is 3.14. The highest BCUT2D eigenvalue weighted by atomic mass is 79.9. The summed E-state index contributed by atoms with van der Waals surface area (Å²) in [5, 5.41) is 2.00. The predicted octanol–water partition coefficient (Wildman–Crippen LogP) is 1.50. The van der Waals surface area contributed by atoms with Crippen molar-refractivity contribution < 1.29 is 0 Å². The smallest absolute Gasteiger partial charge is 0.0555 e. The van der Waals surface area contributed by atoms with Crippen LogP contribution in [0, 0.1) is 0 Å². The van der Waals surface area contributed by atoms with Gasteiger partial charge in [-0.15, -0.1) is 0 Å². The van der Waals surface area contributed by atoms with Gasteiger partial charge in [0.15, 0.2) is 0 Å². The van der Waals surface area contributed by atoms with E-state index in [-0.39, 0.29) is 0 Å². The zero-order chi connectivity index (χ0) is 6.97. The Balaban J connectivity index is 2.34. The van der Waals surface area contributed by atoms with Crippen LogP contribution < -0.4 is 5.43 Å². The van der Waals surface area contributed by atoms with E-state index in [2.05, 4.69) is 33.5 Å². The summed E-state index contributed by atoms with van der Waals surface area (Å²) in [6, 6.07) is 0. The molecule has 0 radical (unpaired) electrons. The van der Waals surface area contributed by atoms with E-state index in [4.69, 9.17) is 0 Å². The maximum atomic E-state index is 3.40. The second kappa shape index (κ2) is 2.25. The Morgan fingerprint density at radius 1 is 1.60 bits per heavy atom. The van der Waals surface area contributed by atoms with E-state index >= 15 is 0 Å². The Labute approximate surface area is 68.0 Å². The third-order valence-electron chi connectivity index (χ3n) is 1.52. The maximum Gasteiger partial charge on any atom is 0.0555 e. The number of rotatable bonds is 0. The summed E-state index contributed by atoms with van der Waals surface area (Å²) in [5.41, 5.74) is 4.38. The van der Waals surface area contributed by atoms with Crippen LogP contribution in [-0.4, -0.2) is 11.6 Å². The number of nitrogens with zero attached hydrogens (tertiary/aromatic N) is 1. The van der Waals surface area contributed by atoms with Gasteiger partial charge in [0.05, 0.1) is 5.70 Å². The first kappa shape index (κ1) is 6.19. The van der Waals surface area contributed by atoms with Crippen molar-refractivity contribution in [2.45, 2.75) is 0 Å². The van der Waals surface area contributed by atoms with E-state index in [9.17, 15) is 0 Å². The fourth-order valence-corrected chi connectivity index (χ4v) is 1.39. The standard InChI is InChI=1S/C7H7BrN2/c8-6-2-4-10-7(5-6)1-3-9-10/h1-2,4-5,9H,3H2. The van der Waals surface area contributed by atoms with Crippen LogP contribution in [0.1, 0.15) is 0 Å². The molecule has 0 aromatic rings. The normalized spacial score (nSPS) is 22.3. The van der Waals surface area contributed by atoms with Crippen molar-refractivity contribution in [2.75, 3.05) is 6.54 Å². The van der Waals surface area contributed by atoms with Crippen LogP contribution in [-0.2, 0) is 0 Å². The molecule has 0 aromatic carbocycles. The highest BCUT2D eigenvalue weighted by Crippen LogP contribution is 2.20. The van der Waals surface area contributed by atoms with Crippen LogP contribution in [0.3, 0.4) is 0 Å². The van der Waals surface area contributed by atoms with E-state index in [1.165, 1.54) is 5.70 Å². The van der Waals surface area contributed by atoms with Crippen molar-refractivity contribution in [1.29, 1.82) is 0 Å². The van der Waals surface area contributed by atoms with Crippen molar-refractivity contribution in [3.05, 3.63) is 34.6 Å². The van der Waals surface area contributed by atoms with Crippen molar-refractivity contribution >= 4 is 15.9 Å². The minimum Gasteiger partial charge on any atom is -0.284 e. The van der Waals surface area contributed by atoms with E-state index < -0.39 is 0 Å². The molecular weight excluding hydrogens is 192 g/mol. The lowest BCUT2D eigenvalue weighted by atomic mass is 10.3. The largest absolute Gasteiger partial charge is 0.284 e. The molecule has 0 saturated carbocycles. The molecule has 0 saturated heterocycles. The Hall–Kier alpha value is -0.540. The molecule has 2 rings (SSSR count). The zero-order valence-electron chi connectivity index (χ0n) is 5.34. The summed E-state index contributed by atoms with van der Waals surface area (Å²) < 4.78 is 1.12. The highest BCUT2D eigenvalue weighted by Gasteiger charge is 2.12. The van der Waals surface area contributed by atoms with Crippen LogP contribution in [0.5, 0.6) is 0 Å². The highest BCUT2D eigenvalue weighted by molar-refractivity contribution is 9.11. The average molecular weight is 199 g/mol. The first-order valence-corrected chi connectivity index (χ1v) is 3.94. The molecule has 3 heteroatoms. The molecule has 0 unspecified atom stereocenters. The molecule has 0 fully saturated rings. The minimum absolute atomic E-state index is 0.927. The van der Waals surface area contributed by atoms with Gasteiger partial charge >= 0.3 is 0 Å². The van der Waals surface area contributed by atoms with Crippen molar-refractivity contribution in [3.8, 4) is 0 Å². The fourth-order valence-electron chi connectivity index (χ4n) is 1.04.